The van der Waals surface area contributed by atoms with Crippen LogP contribution in [0.4, 0.5) is 0 Å². The molecule has 0 radical (unpaired) electrons. The molecule has 1 unspecified atom stereocenters. The predicted molar refractivity (Wildman–Crippen MR) is 44.3 cm³/mol. The Hall–Kier alpha value is -0.410. The average molecular weight is 162 g/mol. The maximum absolute atomic E-state index is 9.58. The standard InChI is InChI=1S/C4H8O2.C4H10O/c1-4(2,6)3-5;1-3-4(2)5/h3,6H,1-2H3;4-5H,3H2,1-2H3. The number of carbonyl (C=O) groups is 1. The highest BCUT2D eigenvalue weighted by molar-refractivity contribution is 5.60. The first kappa shape index (κ1) is 13.2. The first-order valence-corrected chi connectivity index (χ1v) is 3.70. The van der Waals surface area contributed by atoms with E-state index in [1.165, 1.54) is 13.8 Å². The minimum Gasteiger partial charge on any atom is -0.393 e. The lowest BCUT2D eigenvalue weighted by Gasteiger charge is -2.02. The fourth-order valence-electron chi connectivity index (χ4n) is 0. The van der Waals surface area contributed by atoms with Gasteiger partial charge in [0.1, 0.15) is 5.60 Å². The van der Waals surface area contributed by atoms with Crippen LogP contribution in [0.5, 0.6) is 0 Å². The van der Waals surface area contributed by atoms with Crippen LogP contribution in [0.2, 0.25) is 0 Å². The lowest BCUT2D eigenvalue weighted by molar-refractivity contribution is -0.120. The molecule has 0 fully saturated rings. The summed E-state index contributed by atoms with van der Waals surface area (Å²) in [6.45, 7) is 6.59. The van der Waals surface area contributed by atoms with Crippen LogP contribution < -0.4 is 0 Å². The average Bonchev–Trinajstić information content (AvgIpc) is 1.88. The van der Waals surface area contributed by atoms with Gasteiger partial charge in [0.15, 0.2) is 6.29 Å². The number of aldehydes is 1. The summed E-state index contributed by atoms with van der Waals surface area (Å²) < 4.78 is 0. The van der Waals surface area contributed by atoms with Crippen molar-refractivity contribution in [2.45, 2.75) is 45.8 Å². The van der Waals surface area contributed by atoms with Crippen molar-refractivity contribution in [1.29, 1.82) is 0 Å². The normalized spacial score (nSPS) is 12.9. The fourth-order valence-corrected chi connectivity index (χ4v) is 0. The van der Waals surface area contributed by atoms with E-state index in [9.17, 15) is 4.79 Å². The maximum atomic E-state index is 9.58. The second-order valence-corrected chi connectivity index (χ2v) is 3.03. The molecule has 0 saturated heterocycles. The smallest absolute Gasteiger partial charge is 0.150 e. The molecule has 3 heteroatoms. The Morgan fingerprint density at radius 2 is 1.73 bits per heavy atom. The van der Waals surface area contributed by atoms with Gasteiger partial charge in [0.2, 0.25) is 0 Å². The molecule has 0 rings (SSSR count). The number of hydrogen-bond acceptors (Lipinski definition) is 3. The highest BCUT2D eigenvalue weighted by Crippen LogP contribution is 1.91. The van der Waals surface area contributed by atoms with Crippen molar-refractivity contribution in [3.8, 4) is 0 Å². The molecule has 0 aliphatic carbocycles. The number of hydrogen-bond donors (Lipinski definition) is 2. The summed E-state index contributed by atoms with van der Waals surface area (Å²) in [5.74, 6) is 0. The molecule has 11 heavy (non-hydrogen) atoms. The Morgan fingerprint density at radius 3 is 1.73 bits per heavy atom. The summed E-state index contributed by atoms with van der Waals surface area (Å²) in [4.78, 5) is 9.58. The molecule has 0 aliphatic rings. The number of rotatable bonds is 2. The molecule has 0 aromatic carbocycles. The molecule has 3 nitrogen and oxygen atoms in total. The van der Waals surface area contributed by atoms with Gasteiger partial charge in [-0.1, -0.05) is 6.92 Å². The molecule has 0 aliphatic heterocycles. The number of aliphatic hydroxyl groups is 2. The molecule has 0 spiro atoms. The minimum absolute atomic E-state index is 0.116. The van der Waals surface area contributed by atoms with Gasteiger partial charge in [-0.05, 0) is 27.2 Å². The van der Waals surface area contributed by atoms with Crippen molar-refractivity contribution in [1.82, 2.24) is 0 Å². The molecular formula is C8H18O3. The van der Waals surface area contributed by atoms with Crippen molar-refractivity contribution in [3.63, 3.8) is 0 Å². The Kier molecular flexibility index (Phi) is 7.57. The first-order valence-electron chi connectivity index (χ1n) is 3.70. The summed E-state index contributed by atoms with van der Waals surface area (Å²) in [6.07, 6.45) is 1.24. The van der Waals surface area contributed by atoms with Crippen LogP contribution in [0.1, 0.15) is 34.1 Å². The van der Waals surface area contributed by atoms with Crippen molar-refractivity contribution in [2.24, 2.45) is 0 Å². The molecule has 0 heterocycles. The van der Waals surface area contributed by atoms with Gasteiger partial charge in [0, 0.05) is 0 Å². The van der Waals surface area contributed by atoms with Crippen LogP contribution in [-0.2, 0) is 4.79 Å². The molecule has 0 aromatic rings. The van der Waals surface area contributed by atoms with Crippen LogP contribution in [-0.4, -0.2) is 28.2 Å². The zero-order valence-corrected chi connectivity index (χ0v) is 7.66. The van der Waals surface area contributed by atoms with E-state index in [0.29, 0.717) is 6.29 Å². The van der Waals surface area contributed by atoms with E-state index in [0.717, 1.165) is 6.42 Å². The van der Waals surface area contributed by atoms with E-state index in [2.05, 4.69) is 0 Å². The second-order valence-electron chi connectivity index (χ2n) is 3.03. The lowest BCUT2D eigenvalue weighted by atomic mass is 10.2. The number of aliphatic hydroxyl groups excluding tert-OH is 1. The third kappa shape index (κ3) is 26.2. The van der Waals surface area contributed by atoms with E-state index >= 15 is 0 Å². The molecule has 0 saturated carbocycles. The van der Waals surface area contributed by atoms with Gasteiger partial charge in [-0.3, -0.25) is 0 Å². The molecule has 0 aromatic heterocycles. The van der Waals surface area contributed by atoms with E-state index in [4.69, 9.17) is 10.2 Å². The van der Waals surface area contributed by atoms with Crippen molar-refractivity contribution < 1.29 is 15.0 Å². The molecule has 2 N–H and O–H groups in total. The van der Waals surface area contributed by atoms with Gasteiger partial charge in [0.05, 0.1) is 6.10 Å². The molecule has 1 atom stereocenters. The monoisotopic (exact) mass is 162 g/mol. The van der Waals surface area contributed by atoms with E-state index in [-0.39, 0.29) is 6.10 Å². The largest absolute Gasteiger partial charge is 0.393 e. The zero-order chi connectivity index (χ0) is 9.49. The van der Waals surface area contributed by atoms with E-state index in [1.807, 2.05) is 6.92 Å². The van der Waals surface area contributed by atoms with E-state index in [1.54, 1.807) is 6.92 Å². The SMILES string of the molecule is CC(C)(O)C=O.CCC(C)O. The molecule has 0 bridgehead atoms. The fraction of sp³-hybridized carbons (Fsp3) is 0.875. The van der Waals surface area contributed by atoms with Crippen LogP contribution in [0, 0.1) is 0 Å². The lowest BCUT2D eigenvalue weighted by Crippen LogP contribution is -2.19. The minimum atomic E-state index is -1.14. The maximum Gasteiger partial charge on any atom is 0.150 e. The van der Waals surface area contributed by atoms with Crippen molar-refractivity contribution in [3.05, 3.63) is 0 Å². The number of carbonyl (C=O) groups excluding carboxylic acids is 1. The zero-order valence-electron chi connectivity index (χ0n) is 7.66. The summed E-state index contributed by atoms with van der Waals surface area (Å²) in [5, 5.41) is 16.8. The molecule has 68 valence electrons. The predicted octanol–water partition coefficient (Wildman–Crippen LogP) is 0.733. The third-order valence-electron chi connectivity index (χ3n) is 0.879. The Balaban J connectivity index is 0. The van der Waals surface area contributed by atoms with Crippen LogP contribution >= 0.6 is 0 Å². The highest BCUT2D eigenvalue weighted by atomic mass is 16.3. The third-order valence-corrected chi connectivity index (χ3v) is 0.879. The van der Waals surface area contributed by atoms with Crippen LogP contribution in [0.3, 0.4) is 0 Å². The van der Waals surface area contributed by atoms with Gasteiger partial charge in [0.25, 0.3) is 0 Å². The highest BCUT2D eigenvalue weighted by Gasteiger charge is 2.07. The van der Waals surface area contributed by atoms with Gasteiger partial charge in [-0.15, -0.1) is 0 Å². The quantitative estimate of drug-likeness (QED) is 0.589. The topological polar surface area (TPSA) is 57.5 Å². The van der Waals surface area contributed by atoms with Gasteiger partial charge >= 0.3 is 0 Å². The Morgan fingerprint density at radius 1 is 1.55 bits per heavy atom. The van der Waals surface area contributed by atoms with Crippen molar-refractivity contribution in [2.75, 3.05) is 0 Å². The summed E-state index contributed by atoms with van der Waals surface area (Å²) in [7, 11) is 0. The van der Waals surface area contributed by atoms with Gasteiger partial charge in [-0.2, -0.15) is 0 Å². The Labute approximate surface area is 68.0 Å². The van der Waals surface area contributed by atoms with Gasteiger partial charge in [-0.25, -0.2) is 0 Å². The molecule has 0 amide bonds. The first-order chi connectivity index (χ1) is 4.83. The van der Waals surface area contributed by atoms with Gasteiger partial charge < -0.3 is 15.0 Å². The molecular weight excluding hydrogens is 144 g/mol. The van der Waals surface area contributed by atoms with Crippen LogP contribution in [0.25, 0.3) is 0 Å². The Bertz CT molecular complexity index is 92.0. The summed E-state index contributed by atoms with van der Waals surface area (Å²) in [6, 6.07) is 0. The second kappa shape index (κ2) is 6.31. The summed E-state index contributed by atoms with van der Waals surface area (Å²) in [5.41, 5.74) is -1.14. The van der Waals surface area contributed by atoms with E-state index < -0.39 is 5.60 Å². The van der Waals surface area contributed by atoms with Crippen LogP contribution in [0.15, 0.2) is 0 Å². The summed E-state index contributed by atoms with van der Waals surface area (Å²) >= 11 is 0. The van der Waals surface area contributed by atoms with Crippen molar-refractivity contribution >= 4 is 6.29 Å².